The van der Waals surface area contributed by atoms with Crippen LogP contribution >= 0.6 is 0 Å². The van der Waals surface area contributed by atoms with Crippen LogP contribution in [-0.2, 0) is 18.9 Å². The maximum Gasteiger partial charge on any atom is 0.187 e. The number of hydrogen-bond acceptors (Lipinski definition) is 4. The van der Waals surface area contributed by atoms with Gasteiger partial charge in [-0.15, -0.1) is 11.7 Å². The molecule has 8 heteroatoms. The van der Waals surface area contributed by atoms with E-state index in [4.69, 9.17) is 16.2 Å². The summed E-state index contributed by atoms with van der Waals surface area (Å²) in [5.41, 5.74) is 14.2. The molecule has 0 heterocycles. The summed E-state index contributed by atoms with van der Waals surface area (Å²) in [6, 6.07) is -0.148. The van der Waals surface area contributed by atoms with E-state index < -0.39 is 0 Å². The van der Waals surface area contributed by atoms with Gasteiger partial charge in [-0.1, -0.05) is 21.3 Å². The Morgan fingerprint density at radius 2 is 1.63 bits per heavy atom. The molecule has 2 radical (unpaired) electrons. The van der Waals surface area contributed by atoms with Gasteiger partial charge in [-0.2, -0.15) is 0 Å². The summed E-state index contributed by atoms with van der Waals surface area (Å²) in [7, 11) is 3.10. The van der Waals surface area contributed by atoms with Crippen molar-refractivity contribution in [1.29, 1.82) is 0 Å². The number of nitrogens with one attached hydrogen (secondary N) is 2. The zero-order valence-electron chi connectivity index (χ0n) is 11.6. The number of methoxy groups -OCH3 is 2. The molecule has 0 aliphatic heterocycles. The van der Waals surface area contributed by atoms with Crippen LogP contribution in [0.4, 0.5) is 0 Å². The predicted octanol–water partition coefficient (Wildman–Crippen LogP) is 3.20. The first kappa shape index (κ1) is 32.9. The van der Waals surface area contributed by atoms with E-state index >= 15 is 0 Å². The molecule has 0 spiro atoms. The molecule has 0 unspecified atom stereocenters. The molecule has 0 aliphatic carbocycles. The summed E-state index contributed by atoms with van der Waals surface area (Å²) in [4.78, 5) is 0. The summed E-state index contributed by atoms with van der Waals surface area (Å²) in [5.74, 6) is 0. The van der Waals surface area contributed by atoms with Crippen LogP contribution in [0.3, 0.4) is 0 Å². The van der Waals surface area contributed by atoms with Crippen molar-refractivity contribution in [1.82, 2.24) is 0 Å². The largest absolute Gasteiger partial charge is 0.700 e. The normalized spacial score (nSPS) is 10.7. The van der Waals surface area contributed by atoms with E-state index in [9.17, 15) is 0 Å². The minimum absolute atomic E-state index is 0. The maximum atomic E-state index is 6.98. The second-order valence-corrected chi connectivity index (χ2v) is 3.05. The van der Waals surface area contributed by atoms with E-state index in [0.717, 1.165) is 0 Å². The van der Waals surface area contributed by atoms with E-state index in [1.54, 1.807) is 21.0 Å². The minimum atomic E-state index is -0.148. The quantitative estimate of drug-likeness (QED) is 0.232. The molecule has 0 saturated heterocycles. The topological polar surface area (TPSA) is 84.5 Å². The molecule has 6 nitrogen and oxygen atoms in total. The Hall–Kier alpha value is 2.06. The number of rotatable bonds is 7. The van der Waals surface area contributed by atoms with Crippen LogP contribution in [-0.4, -0.2) is 40.5 Å². The molecule has 1 atom stereocenters. The van der Waals surface area contributed by atoms with Gasteiger partial charge in [-0.05, 0) is 0 Å². The smallest absolute Gasteiger partial charge is 0.187 e. The first-order valence-electron chi connectivity index (χ1n) is 4.81. The van der Waals surface area contributed by atoms with Crippen molar-refractivity contribution in [2.45, 2.75) is 27.3 Å². The van der Waals surface area contributed by atoms with Crippen molar-refractivity contribution >= 4 is 0 Å². The van der Waals surface area contributed by atoms with Crippen molar-refractivity contribution < 1.29 is 107 Å². The molecule has 19 heavy (non-hydrogen) atoms. The number of hydrogen-bond donors (Lipinski definition) is 0. The molecule has 0 bridgehead atoms. The molecule has 0 rings (SSSR count). The molecule has 0 amide bonds. The van der Waals surface area contributed by atoms with E-state index in [2.05, 4.69) is 14.2 Å². The second-order valence-electron chi connectivity index (χ2n) is 3.05. The third kappa shape index (κ3) is 45.0. The summed E-state index contributed by atoms with van der Waals surface area (Å²) in [5, 5.41) is 0. The van der Waals surface area contributed by atoms with Gasteiger partial charge in [0, 0.05) is 109 Å². The average molecular weight is 704 g/mol. The van der Waals surface area contributed by atoms with Gasteiger partial charge in [0.25, 0.3) is 0 Å². The Labute approximate surface area is 189 Å². The van der Waals surface area contributed by atoms with Crippen molar-refractivity contribution in [3.8, 4) is 0 Å². The SMILES string of the molecule is C.COCO/C=C(/C)[NH-].COCOC[C@@H](C)[NH-].[Ac].[Ac]. The van der Waals surface area contributed by atoms with Gasteiger partial charge in [0.1, 0.15) is 6.79 Å². The van der Waals surface area contributed by atoms with Crippen molar-refractivity contribution in [3.05, 3.63) is 23.4 Å². The Balaban J connectivity index is -0.0000000594. The van der Waals surface area contributed by atoms with Crippen LogP contribution in [0.5, 0.6) is 0 Å². The van der Waals surface area contributed by atoms with Gasteiger partial charge in [0.15, 0.2) is 6.79 Å². The molecular weight excluding hydrogens is 678 g/mol. The molecule has 0 aromatic rings. The molecular formula is C11H26Ac2N2O4-2. The average Bonchev–Trinajstić information content (AvgIpc) is 2.18. The van der Waals surface area contributed by atoms with E-state index in [-0.39, 0.29) is 108 Å². The number of allylic oxidation sites excluding steroid dienone is 1. The number of ether oxygens (including phenoxy) is 4. The Morgan fingerprint density at radius 1 is 1.16 bits per heavy atom. The van der Waals surface area contributed by atoms with E-state index in [1.165, 1.54) is 13.4 Å². The van der Waals surface area contributed by atoms with Crippen LogP contribution in [0, 0.1) is 88.1 Å². The monoisotopic (exact) mass is 704 g/mol. The molecule has 112 valence electrons. The summed E-state index contributed by atoms with van der Waals surface area (Å²) in [6.45, 7) is 4.37. The first-order valence-corrected chi connectivity index (χ1v) is 4.81. The van der Waals surface area contributed by atoms with Gasteiger partial charge in [-0.25, -0.2) is 0 Å². The van der Waals surface area contributed by atoms with E-state index in [0.29, 0.717) is 19.1 Å². The van der Waals surface area contributed by atoms with E-state index in [1.807, 2.05) is 0 Å². The maximum absolute atomic E-state index is 6.98. The summed E-state index contributed by atoms with van der Waals surface area (Å²) < 4.78 is 18.6. The van der Waals surface area contributed by atoms with Crippen LogP contribution < -0.4 is 0 Å². The zero-order chi connectivity index (χ0) is 12.8. The van der Waals surface area contributed by atoms with Crippen molar-refractivity contribution in [3.63, 3.8) is 0 Å². The zero-order valence-corrected chi connectivity index (χ0v) is 21.1. The first-order chi connectivity index (χ1) is 7.54. The second kappa shape index (κ2) is 28.3. The van der Waals surface area contributed by atoms with Gasteiger partial charge < -0.3 is 30.4 Å². The summed E-state index contributed by atoms with van der Waals surface area (Å²) in [6.07, 6.45) is 1.34. The van der Waals surface area contributed by atoms with Crippen LogP contribution in [0.1, 0.15) is 21.3 Å². The van der Waals surface area contributed by atoms with Gasteiger partial charge in [-0.3, -0.25) is 0 Å². The van der Waals surface area contributed by atoms with Gasteiger partial charge in [0.05, 0.1) is 6.26 Å². The fourth-order valence-corrected chi connectivity index (χ4v) is 0.535. The molecule has 0 fully saturated rings. The Kier molecular flexibility index (Phi) is 48.9. The Bertz CT molecular complexity index is 169. The standard InChI is InChI=1S/C5H12NO2.C5H10NO2.CH4.2Ac/c2*1-5(6)3-8-4-7-2;;;/h5-6H,3-4H2,1-2H3;3,6H,4H2,1-2H3;1H4;;/q2*-1;;;/b;5-3-;;;/t5-;;;;/m1..../s1. The fraction of sp³-hybridized carbons (Fsp3) is 0.818. The predicted molar refractivity (Wildman–Crippen MR) is 69.4 cm³/mol. The molecule has 0 aliphatic rings. The Morgan fingerprint density at radius 3 is 1.95 bits per heavy atom. The third-order valence-electron chi connectivity index (χ3n) is 1.02. The minimum Gasteiger partial charge on any atom is -0.700 e. The van der Waals surface area contributed by atoms with Gasteiger partial charge >= 0.3 is 0 Å². The summed E-state index contributed by atoms with van der Waals surface area (Å²) >= 11 is 0. The van der Waals surface area contributed by atoms with Crippen molar-refractivity contribution in [2.75, 3.05) is 34.4 Å². The van der Waals surface area contributed by atoms with Gasteiger partial charge in [0.2, 0.25) is 0 Å². The van der Waals surface area contributed by atoms with Crippen molar-refractivity contribution in [2.24, 2.45) is 0 Å². The van der Waals surface area contributed by atoms with Crippen LogP contribution in [0.2, 0.25) is 0 Å². The molecule has 2 N–H and O–H groups in total. The third-order valence-corrected chi connectivity index (χ3v) is 1.02. The molecule has 0 saturated carbocycles. The molecule has 0 aromatic carbocycles. The molecule has 0 aromatic heterocycles. The van der Waals surface area contributed by atoms with Crippen LogP contribution in [0.25, 0.3) is 11.5 Å². The van der Waals surface area contributed by atoms with Crippen LogP contribution in [0.15, 0.2) is 12.0 Å². The fourth-order valence-electron chi connectivity index (χ4n) is 0.535.